The van der Waals surface area contributed by atoms with Crippen LogP contribution in [-0.2, 0) is 11.8 Å². The SMILES string of the molecule is COc1c(Nc2cc(Cl)nc3c2nc(C(F)F)n3C2CCCCO2)cccc1-c1nnn(C)n1. The molecule has 1 saturated heterocycles. The maximum atomic E-state index is 14.0. The number of aryl methyl sites for hydroxylation is 1. The molecule has 0 bridgehead atoms. The van der Waals surface area contributed by atoms with Crippen LogP contribution in [0.1, 0.15) is 37.7 Å². The number of para-hydroxylation sites is 1. The lowest BCUT2D eigenvalue weighted by Crippen LogP contribution is -2.20. The third-order valence-corrected chi connectivity index (χ3v) is 5.71. The molecule has 5 rings (SSSR count). The van der Waals surface area contributed by atoms with Crippen LogP contribution in [-0.4, -0.2) is 48.5 Å². The number of aromatic nitrogens is 7. The minimum absolute atomic E-state index is 0.124. The minimum Gasteiger partial charge on any atom is -0.494 e. The summed E-state index contributed by atoms with van der Waals surface area (Å²) in [5.74, 6) is 0.407. The van der Waals surface area contributed by atoms with Gasteiger partial charge in [-0.2, -0.15) is 4.80 Å². The van der Waals surface area contributed by atoms with Gasteiger partial charge in [-0.1, -0.05) is 17.7 Å². The van der Waals surface area contributed by atoms with Gasteiger partial charge in [0, 0.05) is 12.7 Å². The molecule has 178 valence electrons. The Hall–Kier alpha value is -3.38. The van der Waals surface area contributed by atoms with E-state index in [-0.39, 0.29) is 16.3 Å². The number of anilines is 2. The van der Waals surface area contributed by atoms with Gasteiger partial charge in [-0.3, -0.25) is 4.57 Å². The normalized spacial score (nSPS) is 16.4. The Morgan fingerprint density at radius 1 is 1.24 bits per heavy atom. The number of rotatable bonds is 6. The van der Waals surface area contributed by atoms with Crippen molar-refractivity contribution in [2.45, 2.75) is 31.9 Å². The highest BCUT2D eigenvalue weighted by molar-refractivity contribution is 6.30. The number of pyridine rings is 1. The van der Waals surface area contributed by atoms with Gasteiger partial charge in [-0.05, 0) is 36.6 Å². The Labute approximate surface area is 197 Å². The first kappa shape index (κ1) is 22.4. The van der Waals surface area contributed by atoms with Gasteiger partial charge in [0.15, 0.2) is 17.2 Å². The first-order valence-corrected chi connectivity index (χ1v) is 11.0. The van der Waals surface area contributed by atoms with E-state index in [1.807, 2.05) is 0 Å². The second-order valence-electron chi connectivity index (χ2n) is 7.74. The number of hydrogen-bond donors (Lipinski definition) is 1. The van der Waals surface area contributed by atoms with Crippen molar-refractivity contribution in [1.82, 2.24) is 34.7 Å². The molecule has 0 spiro atoms. The number of halogens is 3. The Morgan fingerprint density at radius 2 is 2.09 bits per heavy atom. The fraction of sp³-hybridized carbons (Fsp3) is 0.381. The number of methoxy groups -OCH3 is 1. The summed E-state index contributed by atoms with van der Waals surface area (Å²) in [6.07, 6.45) is -1.07. The summed E-state index contributed by atoms with van der Waals surface area (Å²) in [5.41, 5.74) is 2.01. The highest BCUT2D eigenvalue weighted by Gasteiger charge is 2.29. The van der Waals surface area contributed by atoms with Crippen LogP contribution in [0.2, 0.25) is 5.15 Å². The van der Waals surface area contributed by atoms with Crippen LogP contribution in [0.4, 0.5) is 20.2 Å². The Bertz CT molecular complexity index is 1340. The quantitative estimate of drug-likeness (QED) is 0.389. The average Bonchev–Trinajstić information content (AvgIpc) is 3.43. The molecule has 4 heterocycles. The van der Waals surface area contributed by atoms with Crippen LogP contribution in [0.25, 0.3) is 22.6 Å². The van der Waals surface area contributed by atoms with E-state index < -0.39 is 18.5 Å². The van der Waals surface area contributed by atoms with E-state index in [0.29, 0.717) is 41.5 Å². The van der Waals surface area contributed by atoms with Crippen LogP contribution in [0.15, 0.2) is 24.3 Å². The Morgan fingerprint density at radius 3 is 2.76 bits per heavy atom. The summed E-state index contributed by atoms with van der Waals surface area (Å²) in [5, 5.41) is 15.5. The molecule has 0 amide bonds. The van der Waals surface area contributed by atoms with Crippen LogP contribution < -0.4 is 10.1 Å². The van der Waals surface area contributed by atoms with Crippen molar-refractivity contribution >= 4 is 34.1 Å². The van der Waals surface area contributed by atoms with E-state index in [9.17, 15) is 8.78 Å². The van der Waals surface area contributed by atoms with E-state index in [1.165, 1.54) is 22.5 Å². The van der Waals surface area contributed by atoms with Gasteiger partial charge in [-0.25, -0.2) is 18.7 Å². The number of nitrogens with zero attached hydrogens (tertiary/aromatic N) is 7. The third kappa shape index (κ3) is 4.03. The van der Waals surface area contributed by atoms with Gasteiger partial charge in [0.2, 0.25) is 5.82 Å². The lowest BCUT2D eigenvalue weighted by molar-refractivity contribution is -0.0363. The van der Waals surface area contributed by atoms with Crippen molar-refractivity contribution in [3.05, 3.63) is 35.2 Å². The van der Waals surface area contributed by atoms with Crippen LogP contribution in [0.5, 0.6) is 5.75 Å². The first-order chi connectivity index (χ1) is 16.5. The maximum Gasteiger partial charge on any atom is 0.295 e. The minimum atomic E-state index is -2.81. The zero-order valence-electron chi connectivity index (χ0n) is 18.4. The molecule has 1 atom stereocenters. The molecule has 0 saturated carbocycles. The van der Waals surface area contributed by atoms with Crippen molar-refractivity contribution in [3.8, 4) is 17.1 Å². The van der Waals surface area contributed by atoms with Crippen molar-refractivity contribution < 1.29 is 18.3 Å². The third-order valence-electron chi connectivity index (χ3n) is 5.52. The standard InChI is InChI=1S/C21H21ClF2N8O2/c1-31-29-19(28-30-31)11-6-5-7-12(17(11)33-2)25-13-10-14(22)26-20-16(13)27-21(18(23)24)32(20)15-8-3-4-9-34-15/h5-7,10,15,18H,3-4,8-9H2,1-2H3,(H,25,26). The van der Waals surface area contributed by atoms with E-state index >= 15 is 0 Å². The topological polar surface area (TPSA) is 105 Å². The maximum absolute atomic E-state index is 14.0. The molecule has 1 N–H and O–H groups in total. The van der Waals surface area contributed by atoms with Crippen molar-refractivity contribution in [2.24, 2.45) is 7.05 Å². The van der Waals surface area contributed by atoms with Gasteiger partial charge in [0.25, 0.3) is 6.43 Å². The smallest absolute Gasteiger partial charge is 0.295 e. The molecule has 1 unspecified atom stereocenters. The summed E-state index contributed by atoms with van der Waals surface area (Å²) < 4.78 is 40.7. The number of imidazole rings is 1. The van der Waals surface area contributed by atoms with Crippen molar-refractivity contribution in [3.63, 3.8) is 0 Å². The number of tetrazole rings is 1. The number of alkyl halides is 2. The summed E-state index contributed by atoms with van der Waals surface area (Å²) in [6, 6.07) is 6.88. The number of nitrogens with one attached hydrogen (secondary N) is 1. The predicted molar refractivity (Wildman–Crippen MR) is 120 cm³/mol. The molecule has 4 aromatic rings. The zero-order valence-corrected chi connectivity index (χ0v) is 19.1. The summed E-state index contributed by atoms with van der Waals surface area (Å²) in [4.78, 5) is 9.89. The highest BCUT2D eigenvalue weighted by Crippen LogP contribution is 2.40. The molecule has 1 aromatic carbocycles. The molecule has 0 aliphatic carbocycles. The first-order valence-electron chi connectivity index (χ1n) is 10.6. The molecule has 3 aromatic heterocycles. The monoisotopic (exact) mass is 490 g/mol. The molecule has 1 aliphatic rings. The van der Waals surface area contributed by atoms with E-state index in [4.69, 9.17) is 21.1 Å². The van der Waals surface area contributed by atoms with Gasteiger partial charge in [0.1, 0.15) is 16.9 Å². The fourth-order valence-corrected chi connectivity index (χ4v) is 4.27. The predicted octanol–water partition coefficient (Wildman–Crippen LogP) is 4.66. The van der Waals surface area contributed by atoms with E-state index in [0.717, 1.165) is 12.8 Å². The van der Waals surface area contributed by atoms with Gasteiger partial charge < -0.3 is 14.8 Å². The summed E-state index contributed by atoms with van der Waals surface area (Å²) >= 11 is 6.31. The number of fused-ring (bicyclic) bond motifs is 1. The fourth-order valence-electron chi connectivity index (χ4n) is 4.08. The second kappa shape index (κ2) is 9.11. The van der Waals surface area contributed by atoms with Gasteiger partial charge >= 0.3 is 0 Å². The van der Waals surface area contributed by atoms with E-state index in [2.05, 4.69) is 30.7 Å². The van der Waals surface area contributed by atoms with Crippen LogP contribution >= 0.6 is 11.6 Å². The Kier molecular flexibility index (Phi) is 6.00. The second-order valence-corrected chi connectivity index (χ2v) is 8.13. The van der Waals surface area contributed by atoms with Gasteiger partial charge in [-0.15, -0.1) is 10.2 Å². The van der Waals surface area contributed by atoms with E-state index in [1.54, 1.807) is 25.2 Å². The van der Waals surface area contributed by atoms with Crippen LogP contribution in [0.3, 0.4) is 0 Å². The molecular formula is C21H21ClF2N8O2. The molecule has 1 aliphatic heterocycles. The lowest BCUT2D eigenvalue weighted by Gasteiger charge is -2.25. The molecular weight excluding hydrogens is 470 g/mol. The number of ether oxygens (including phenoxy) is 2. The van der Waals surface area contributed by atoms with Crippen LogP contribution in [0, 0.1) is 0 Å². The molecule has 13 heteroatoms. The van der Waals surface area contributed by atoms with Crippen molar-refractivity contribution in [2.75, 3.05) is 19.0 Å². The lowest BCUT2D eigenvalue weighted by atomic mass is 10.1. The summed E-state index contributed by atoms with van der Waals surface area (Å²) in [6.45, 7) is 0.485. The zero-order chi connectivity index (χ0) is 23.8. The molecule has 34 heavy (non-hydrogen) atoms. The molecule has 1 fully saturated rings. The summed E-state index contributed by atoms with van der Waals surface area (Å²) in [7, 11) is 3.17. The average molecular weight is 491 g/mol. The van der Waals surface area contributed by atoms with Gasteiger partial charge in [0.05, 0.1) is 31.1 Å². The van der Waals surface area contributed by atoms with Crippen molar-refractivity contribution in [1.29, 1.82) is 0 Å². The number of hydrogen-bond acceptors (Lipinski definition) is 8. The molecule has 10 nitrogen and oxygen atoms in total. The highest BCUT2D eigenvalue weighted by atomic mass is 35.5. The Balaban J connectivity index is 1.63. The molecule has 0 radical (unpaired) electrons. The largest absolute Gasteiger partial charge is 0.494 e. The number of benzene rings is 1.